The molecule has 1 aliphatic heterocycles. The van der Waals surface area contributed by atoms with Crippen LogP contribution in [0.5, 0.6) is 0 Å². The average molecular weight is 304 g/mol. The molecule has 4 nitrogen and oxygen atoms in total. The van der Waals surface area contributed by atoms with Crippen LogP contribution in [0, 0.1) is 11.8 Å². The molecule has 0 saturated carbocycles. The Bertz CT molecular complexity index is 328. The summed E-state index contributed by atoms with van der Waals surface area (Å²) >= 11 is 0. The maximum absolute atomic E-state index is 13.5. The average Bonchev–Trinajstić information content (AvgIpc) is 2.36. The molecule has 0 bridgehead atoms. The van der Waals surface area contributed by atoms with Crippen molar-refractivity contribution in [3.8, 4) is 0 Å². The molecule has 0 aromatic rings. The van der Waals surface area contributed by atoms with Gasteiger partial charge in [-0.1, -0.05) is 41.5 Å². The summed E-state index contributed by atoms with van der Waals surface area (Å²) in [5.74, 6) is 0.892. The van der Waals surface area contributed by atoms with E-state index in [1.165, 1.54) is 0 Å². The lowest BCUT2D eigenvalue weighted by atomic mass is 10.0. The van der Waals surface area contributed by atoms with Crippen LogP contribution in [0.3, 0.4) is 0 Å². The molecule has 5 heteroatoms. The van der Waals surface area contributed by atoms with Crippen LogP contribution in [0.4, 0.5) is 0 Å². The largest absolute Gasteiger partial charge is 0.372 e. The number of morpholine rings is 1. The van der Waals surface area contributed by atoms with Gasteiger partial charge in [0.2, 0.25) is 7.44 Å². The van der Waals surface area contributed by atoms with Crippen molar-refractivity contribution in [1.29, 1.82) is 0 Å². The third-order valence-corrected chi connectivity index (χ3v) is 7.90. The van der Waals surface area contributed by atoms with Gasteiger partial charge in [-0.2, -0.15) is 0 Å². The predicted octanol–water partition coefficient (Wildman–Crippen LogP) is 3.53. The number of nitrogens with zero attached hydrogens (tertiary/aromatic N) is 2. The van der Waals surface area contributed by atoms with E-state index in [2.05, 4.69) is 46.2 Å². The lowest BCUT2D eigenvalue weighted by Gasteiger charge is -2.47. The van der Waals surface area contributed by atoms with Crippen molar-refractivity contribution in [2.45, 2.75) is 59.4 Å². The lowest BCUT2D eigenvalue weighted by molar-refractivity contribution is -0.102. The Morgan fingerprint density at radius 2 is 1.40 bits per heavy atom. The fraction of sp³-hybridized carbons (Fsp3) is 1.00. The van der Waals surface area contributed by atoms with Gasteiger partial charge >= 0.3 is 0 Å². The Morgan fingerprint density at radius 1 is 1.00 bits per heavy atom. The Kier molecular flexibility index (Phi) is 6.28. The van der Waals surface area contributed by atoms with E-state index in [1.807, 2.05) is 18.8 Å². The van der Waals surface area contributed by atoms with Crippen LogP contribution in [0.15, 0.2) is 0 Å². The van der Waals surface area contributed by atoms with Crippen LogP contribution < -0.4 is 0 Å². The fourth-order valence-electron chi connectivity index (χ4n) is 2.81. The van der Waals surface area contributed by atoms with Gasteiger partial charge in [0.1, 0.15) is 0 Å². The van der Waals surface area contributed by atoms with E-state index < -0.39 is 7.44 Å². The molecule has 1 aliphatic rings. The molecular weight excluding hydrogens is 271 g/mol. The second-order valence-corrected chi connectivity index (χ2v) is 10.7. The van der Waals surface area contributed by atoms with Gasteiger partial charge in [-0.05, 0) is 25.9 Å². The SMILES string of the molecule is CC(C)C1CN(P(=O)(C(C)C)N(C)C)CC(C(C)C)O1. The normalized spacial score (nSPS) is 28.6. The smallest absolute Gasteiger partial charge is 0.218 e. The van der Waals surface area contributed by atoms with Crippen LogP contribution in [0.25, 0.3) is 0 Å². The summed E-state index contributed by atoms with van der Waals surface area (Å²) in [4.78, 5) is 0. The van der Waals surface area contributed by atoms with E-state index in [0.717, 1.165) is 13.1 Å². The molecule has 0 aromatic heterocycles. The van der Waals surface area contributed by atoms with E-state index >= 15 is 0 Å². The highest BCUT2D eigenvalue weighted by Crippen LogP contribution is 2.56. The van der Waals surface area contributed by atoms with Gasteiger partial charge in [0, 0.05) is 18.7 Å². The maximum atomic E-state index is 13.5. The summed E-state index contributed by atoms with van der Waals surface area (Å²) in [5.41, 5.74) is 0.135. The van der Waals surface area contributed by atoms with E-state index in [4.69, 9.17) is 4.74 Å². The fourth-order valence-corrected chi connectivity index (χ4v) is 5.68. The first-order chi connectivity index (χ1) is 9.10. The first-order valence-corrected chi connectivity index (χ1v) is 9.47. The van der Waals surface area contributed by atoms with E-state index in [0.29, 0.717) is 11.8 Å². The molecule has 0 amide bonds. The van der Waals surface area contributed by atoms with Crippen molar-refractivity contribution in [2.75, 3.05) is 27.2 Å². The summed E-state index contributed by atoms with van der Waals surface area (Å²) in [6.45, 7) is 14.4. The number of hydrogen-bond donors (Lipinski definition) is 0. The molecule has 0 spiro atoms. The van der Waals surface area contributed by atoms with E-state index in [9.17, 15) is 4.57 Å². The van der Waals surface area contributed by atoms with Gasteiger partial charge in [-0.3, -0.25) is 4.57 Å². The minimum atomic E-state index is -2.51. The first-order valence-electron chi connectivity index (χ1n) is 7.79. The summed E-state index contributed by atoms with van der Waals surface area (Å²) in [6, 6.07) is 0. The predicted molar refractivity (Wildman–Crippen MR) is 86.3 cm³/mol. The van der Waals surface area contributed by atoms with Crippen LogP contribution in [-0.4, -0.2) is 54.4 Å². The molecule has 3 atom stereocenters. The van der Waals surface area contributed by atoms with Gasteiger partial charge in [0.15, 0.2) is 0 Å². The van der Waals surface area contributed by atoms with Gasteiger partial charge in [0.05, 0.1) is 12.2 Å². The molecule has 3 unspecified atom stereocenters. The minimum absolute atomic E-state index is 0.135. The minimum Gasteiger partial charge on any atom is -0.372 e. The second-order valence-electron chi connectivity index (χ2n) is 7.10. The van der Waals surface area contributed by atoms with Crippen molar-refractivity contribution >= 4 is 7.44 Å². The van der Waals surface area contributed by atoms with Crippen molar-refractivity contribution < 1.29 is 9.30 Å². The van der Waals surface area contributed by atoms with E-state index in [-0.39, 0.29) is 17.9 Å². The quantitative estimate of drug-likeness (QED) is 0.727. The van der Waals surface area contributed by atoms with Crippen molar-refractivity contribution in [3.05, 3.63) is 0 Å². The standard InChI is InChI=1S/C15H33N2O2P/c1-11(2)14-9-17(10-15(19-14)12(3)4)20(18,13(5)6)16(7)8/h11-15H,9-10H2,1-8H3. The Balaban J connectivity index is 3.05. The number of ether oxygens (including phenoxy) is 1. The first kappa shape index (κ1) is 18.2. The zero-order valence-corrected chi connectivity index (χ0v) is 15.4. The highest BCUT2D eigenvalue weighted by atomic mass is 31.2. The third-order valence-electron chi connectivity index (χ3n) is 4.27. The molecule has 1 saturated heterocycles. The third kappa shape index (κ3) is 3.65. The molecule has 0 aromatic carbocycles. The molecule has 1 heterocycles. The topological polar surface area (TPSA) is 32.8 Å². The Morgan fingerprint density at radius 3 is 1.65 bits per heavy atom. The van der Waals surface area contributed by atoms with Crippen LogP contribution in [0.2, 0.25) is 0 Å². The molecule has 0 aliphatic carbocycles. The van der Waals surface area contributed by atoms with Gasteiger partial charge < -0.3 is 4.74 Å². The molecule has 1 rings (SSSR count). The summed E-state index contributed by atoms with van der Waals surface area (Å²) in [7, 11) is 1.36. The van der Waals surface area contributed by atoms with Crippen molar-refractivity contribution in [3.63, 3.8) is 0 Å². The van der Waals surface area contributed by atoms with Gasteiger partial charge in [-0.25, -0.2) is 9.34 Å². The monoisotopic (exact) mass is 304 g/mol. The summed E-state index contributed by atoms with van der Waals surface area (Å²) in [5, 5.41) is 0. The van der Waals surface area contributed by atoms with Gasteiger partial charge in [0.25, 0.3) is 0 Å². The van der Waals surface area contributed by atoms with Gasteiger partial charge in [-0.15, -0.1) is 0 Å². The highest BCUT2D eigenvalue weighted by Gasteiger charge is 2.43. The van der Waals surface area contributed by atoms with Crippen LogP contribution in [0.1, 0.15) is 41.5 Å². The maximum Gasteiger partial charge on any atom is 0.218 e. The molecule has 20 heavy (non-hydrogen) atoms. The zero-order chi connectivity index (χ0) is 15.7. The molecule has 0 N–H and O–H groups in total. The lowest BCUT2D eigenvalue weighted by Crippen LogP contribution is -2.51. The summed E-state index contributed by atoms with van der Waals surface area (Å²) in [6.07, 6.45) is 0.339. The Labute approximate surface area is 125 Å². The Hall–Kier alpha value is 0.110. The van der Waals surface area contributed by atoms with Crippen LogP contribution >= 0.6 is 7.44 Å². The van der Waals surface area contributed by atoms with Crippen LogP contribution in [-0.2, 0) is 9.30 Å². The zero-order valence-electron chi connectivity index (χ0n) is 14.5. The molecular formula is C15H33N2O2P. The molecule has 1 fully saturated rings. The second kappa shape index (κ2) is 6.91. The summed E-state index contributed by atoms with van der Waals surface area (Å²) < 4.78 is 23.8. The molecule has 120 valence electrons. The van der Waals surface area contributed by atoms with Crippen molar-refractivity contribution in [1.82, 2.24) is 9.34 Å². The number of rotatable bonds is 5. The van der Waals surface area contributed by atoms with Crippen molar-refractivity contribution in [2.24, 2.45) is 11.8 Å². The van der Waals surface area contributed by atoms with E-state index in [1.54, 1.807) is 0 Å². The molecule has 0 radical (unpaired) electrons. The number of hydrogen-bond acceptors (Lipinski definition) is 2. The highest BCUT2D eigenvalue weighted by molar-refractivity contribution is 7.59.